The first-order valence-corrected chi connectivity index (χ1v) is 12.9. The Morgan fingerprint density at radius 1 is 0.886 bits per heavy atom. The molecule has 0 saturated carbocycles. The van der Waals surface area contributed by atoms with Gasteiger partial charge in [0.15, 0.2) is 5.96 Å². The fourth-order valence-electron chi connectivity index (χ4n) is 3.63. The highest BCUT2D eigenvalue weighted by Crippen LogP contribution is 2.22. The van der Waals surface area contributed by atoms with E-state index in [1.54, 1.807) is 48.5 Å². The second-order valence-electron chi connectivity index (χ2n) is 9.24. The van der Waals surface area contributed by atoms with Crippen LogP contribution in [0.25, 0.3) is 0 Å². The van der Waals surface area contributed by atoms with Crippen molar-refractivity contribution in [1.82, 2.24) is 10.6 Å². The maximum atomic E-state index is 13.3. The molecule has 0 fully saturated rings. The number of carboxylic acid groups (broad SMARTS) is 1. The maximum absolute atomic E-state index is 13.3. The molecule has 44 heavy (non-hydrogen) atoms. The van der Waals surface area contributed by atoms with Gasteiger partial charge in [0.05, 0.1) is 12.5 Å². The van der Waals surface area contributed by atoms with E-state index in [2.05, 4.69) is 15.6 Å². The first-order chi connectivity index (χ1) is 20.6. The minimum Gasteiger partial charge on any atom is -0.475 e. The second-order valence-corrected chi connectivity index (χ2v) is 9.24. The Hall–Kier alpha value is -5.19. The van der Waals surface area contributed by atoms with E-state index in [0.29, 0.717) is 24.0 Å². The molecule has 0 aliphatic carbocycles. The van der Waals surface area contributed by atoms with Crippen LogP contribution in [0.3, 0.4) is 0 Å². The third kappa shape index (κ3) is 13.2. The van der Waals surface area contributed by atoms with Crippen LogP contribution in [0.2, 0.25) is 0 Å². The molecule has 2 aromatic carbocycles. The zero-order valence-corrected chi connectivity index (χ0v) is 23.4. The Balaban J connectivity index is 0.00000123. The molecular formula is C27H35F3N8O6. The average molecular weight is 625 g/mol. The Bertz CT molecular complexity index is 1300. The van der Waals surface area contributed by atoms with Gasteiger partial charge >= 0.3 is 12.1 Å². The summed E-state index contributed by atoms with van der Waals surface area (Å²) in [5, 5.41) is 29.5. The fraction of sp³-hybridized carbons (Fsp3) is 0.333. The first-order valence-electron chi connectivity index (χ1n) is 12.9. The molecule has 13 N–H and O–H groups in total. The molecule has 240 valence electrons. The number of hydrogen-bond acceptors (Lipinski definition) is 7. The molecule has 3 amide bonds. The number of alkyl halides is 3. The summed E-state index contributed by atoms with van der Waals surface area (Å²) in [6.45, 7) is -0.444. The molecule has 0 bridgehead atoms. The van der Waals surface area contributed by atoms with Crippen LogP contribution in [0.5, 0.6) is 0 Å². The van der Waals surface area contributed by atoms with E-state index in [1.807, 2.05) is 6.07 Å². The molecule has 0 aliphatic heterocycles. The van der Waals surface area contributed by atoms with Gasteiger partial charge in [0.1, 0.15) is 17.9 Å². The number of aliphatic imine (C=N–C) groups is 1. The van der Waals surface area contributed by atoms with Crippen molar-refractivity contribution in [3.8, 4) is 0 Å². The van der Waals surface area contributed by atoms with Gasteiger partial charge in [0, 0.05) is 12.1 Å². The van der Waals surface area contributed by atoms with Crippen molar-refractivity contribution in [2.24, 2.45) is 27.9 Å². The normalized spacial score (nSPS) is 12.7. The number of aliphatic hydroxyl groups excluding tert-OH is 1. The summed E-state index contributed by atoms with van der Waals surface area (Å²) in [5.74, 6) is -5.60. The summed E-state index contributed by atoms with van der Waals surface area (Å²) >= 11 is 0. The van der Waals surface area contributed by atoms with Crippen LogP contribution in [-0.2, 0) is 25.6 Å². The number of primary amides is 1. The molecule has 0 aliphatic rings. The molecular weight excluding hydrogens is 589 g/mol. The van der Waals surface area contributed by atoms with E-state index in [1.165, 1.54) is 0 Å². The number of carbonyl (C=O) groups is 4. The standard InChI is InChI=1S/C25H34N8O4.C2HF3O2/c26-21(27)17-10-8-15(9-11-17)13-18(16-5-2-1-3-6-16)23(36)33-20(14-34)24(37)32-19(22(28)35)7-4-12-31-25(29)30;3-2(4,5)1(6)7/h1-3,5-6,8-11,18-20,34H,4,7,12-14H2,(H3,26,27)(H2,28,35)(H,32,37)(H,33,36)(H4,29,30,31);(H,6,7)/t18-,19?,20-;/m0./s1. The number of amides is 3. The number of nitrogens with zero attached hydrogens (tertiary/aromatic N) is 1. The van der Waals surface area contributed by atoms with Gasteiger partial charge in [-0.05, 0) is 30.4 Å². The SMILES string of the molecule is N=C(N)c1ccc(C[C@H](C(=O)N[C@@H](CO)C(=O)NC(CCCN=C(N)N)C(N)=O)c2ccccc2)cc1.O=C(O)C(F)(F)F. The third-order valence-electron chi connectivity index (χ3n) is 5.89. The summed E-state index contributed by atoms with van der Waals surface area (Å²) in [7, 11) is 0. The van der Waals surface area contributed by atoms with Crippen molar-refractivity contribution in [3.63, 3.8) is 0 Å². The Kier molecular flexibility index (Phi) is 14.8. The number of aliphatic carboxylic acids is 1. The number of nitrogens with two attached hydrogens (primary N) is 4. The van der Waals surface area contributed by atoms with Crippen molar-refractivity contribution >= 4 is 35.5 Å². The molecule has 0 heterocycles. The highest BCUT2D eigenvalue weighted by Gasteiger charge is 2.38. The van der Waals surface area contributed by atoms with Crippen molar-refractivity contribution in [2.75, 3.05) is 13.2 Å². The minimum absolute atomic E-state index is 0.0637. The van der Waals surface area contributed by atoms with Crippen LogP contribution in [0.15, 0.2) is 59.6 Å². The van der Waals surface area contributed by atoms with Crippen molar-refractivity contribution in [1.29, 1.82) is 5.41 Å². The highest BCUT2D eigenvalue weighted by atomic mass is 19.4. The molecule has 0 aromatic heterocycles. The van der Waals surface area contributed by atoms with Gasteiger partial charge in [0.2, 0.25) is 17.7 Å². The number of aliphatic hydroxyl groups is 1. The highest BCUT2D eigenvalue weighted by molar-refractivity contribution is 5.95. The van der Waals surface area contributed by atoms with Gasteiger partial charge in [-0.1, -0.05) is 54.6 Å². The summed E-state index contributed by atoms with van der Waals surface area (Å²) in [6, 6.07) is 13.6. The second kappa shape index (κ2) is 17.7. The average Bonchev–Trinajstić information content (AvgIpc) is 2.96. The lowest BCUT2D eigenvalue weighted by Crippen LogP contribution is -2.55. The van der Waals surface area contributed by atoms with Crippen LogP contribution in [0, 0.1) is 5.41 Å². The number of halogens is 3. The minimum atomic E-state index is -5.08. The van der Waals surface area contributed by atoms with E-state index in [4.69, 9.17) is 38.2 Å². The quantitative estimate of drug-likeness (QED) is 0.0738. The van der Waals surface area contributed by atoms with E-state index in [-0.39, 0.29) is 24.8 Å². The molecule has 3 atom stereocenters. The number of nitrogens with one attached hydrogen (secondary N) is 3. The number of nitrogen functional groups attached to an aromatic ring is 1. The van der Waals surface area contributed by atoms with E-state index in [0.717, 1.165) is 5.56 Å². The van der Waals surface area contributed by atoms with E-state index in [9.17, 15) is 32.7 Å². The van der Waals surface area contributed by atoms with Crippen molar-refractivity contribution < 1.29 is 42.6 Å². The number of rotatable bonds is 14. The fourth-order valence-corrected chi connectivity index (χ4v) is 3.63. The van der Waals surface area contributed by atoms with Gasteiger partial charge in [0.25, 0.3) is 0 Å². The summed E-state index contributed by atoms with van der Waals surface area (Å²) < 4.78 is 31.7. The summed E-state index contributed by atoms with van der Waals surface area (Å²) in [6.07, 6.45) is -4.24. The Morgan fingerprint density at radius 3 is 1.89 bits per heavy atom. The van der Waals surface area contributed by atoms with Crippen LogP contribution >= 0.6 is 0 Å². The largest absolute Gasteiger partial charge is 0.490 e. The van der Waals surface area contributed by atoms with Gasteiger partial charge < -0.3 is 43.8 Å². The summed E-state index contributed by atoms with van der Waals surface area (Å²) in [4.78, 5) is 50.6. The lowest BCUT2D eigenvalue weighted by Gasteiger charge is -2.23. The monoisotopic (exact) mass is 624 g/mol. The smallest absolute Gasteiger partial charge is 0.475 e. The van der Waals surface area contributed by atoms with Crippen LogP contribution in [0.4, 0.5) is 13.2 Å². The lowest BCUT2D eigenvalue weighted by atomic mass is 9.90. The Morgan fingerprint density at radius 2 is 1.43 bits per heavy atom. The van der Waals surface area contributed by atoms with Crippen LogP contribution < -0.4 is 33.6 Å². The lowest BCUT2D eigenvalue weighted by molar-refractivity contribution is -0.192. The van der Waals surface area contributed by atoms with Crippen LogP contribution in [0.1, 0.15) is 35.4 Å². The summed E-state index contributed by atoms with van der Waals surface area (Å²) in [5.41, 5.74) is 23.5. The predicted octanol–water partition coefficient (Wildman–Crippen LogP) is -0.569. The molecule has 0 saturated heterocycles. The third-order valence-corrected chi connectivity index (χ3v) is 5.89. The number of guanidine groups is 1. The number of hydrogen-bond donors (Lipinski definition) is 9. The molecule has 0 radical (unpaired) electrons. The molecule has 17 heteroatoms. The molecule has 14 nitrogen and oxygen atoms in total. The topological polar surface area (TPSA) is 273 Å². The molecule has 2 aromatic rings. The Labute approximate surface area is 250 Å². The molecule has 2 rings (SSSR count). The van der Waals surface area contributed by atoms with Gasteiger partial charge in [-0.3, -0.25) is 24.8 Å². The van der Waals surface area contributed by atoms with Gasteiger partial charge in [-0.25, -0.2) is 4.79 Å². The van der Waals surface area contributed by atoms with E-state index < -0.39 is 54.5 Å². The first kappa shape index (κ1) is 36.8. The van der Waals surface area contributed by atoms with Crippen molar-refractivity contribution in [2.45, 2.75) is 43.4 Å². The van der Waals surface area contributed by atoms with Gasteiger partial charge in [-0.15, -0.1) is 0 Å². The predicted molar refractivity (Wildman–Crippen MR) is 154 cm³/mol. The van der Waals surface area contributed by atoms with E-state index >= 15 is 0 Å². The number of carbonyl (C=O) groups excluding carboxylic acids is 3. The van der Waals surface area contributed by atoms with Gasteiger partial charge in [-0.2, -0.15) is 13.2 Å². The van der Waals surface area contributed by atoms with Crippen molar-refractivity contribution in [3.05, 3.63) is 71.3 Å². The maximum Gasteiger partial charge on any atom is 0.490 e. The molecule has 0 spiro atoms. The van der Waals surface area contributed by atoms with Crippen LogP contribution in [-0.4, -0.2) is 77.1 Å². The number of amidine groups is 1. The zero-order chi connectivity index (χ0) is 33.4. The number of carboxylic acids is 1. The number of benzene rings is 2. The zero-order valence-electron chi connectivity index (χ0n) is 23.4. The molecule has 1 unspecified atom stereocenters.